The van der Waals surface area contributed by atoms with E-state index in [9.17, 15) is 9.18 Å². The maximum absolute atomic E-state index is 12.8. The molecular formula is C17H19FN4O2. The fourth-order valence-electron chi connectivity index (χ4n) is 2.44. The summed E-state index contributed by atoms with van der Waals surface area (Å²) in [5, 5.41) is 5.88. The second-order valence-electron chi connectivity index (χ2n) is 5.61. The van der Waals surface area contributed by atoms with Gasteiger partial charge >= 0.3 is 0 Å². The Morgan fingerprint density at radius 1 is 1.25 bits per heavy atom. The number of halogens is 1. The molecule has 1 fully saturated rings. The molecule has 0 bridgehead atoms. The number of hydrogen-bond acceptors (Lipinski definition) is 5. The van der Waals surface area contributed by atoms with Gasteiger partial charge in [0.05, 0.1) is 18.5 Å². The van der Waals surface area contributed by atoms with Crippen LogP contribution >= 0.6 is 0 Å². The van der Waals surface area contributed by atoms with Crippen LogP contribution < -0.4 is 10.6 Å². The Morgan fingerprint density at radius 3 is 2.75 bits per heavy atom. The molecule has 3 rings (SSSR count). The quantitative estimate of drug-likeness (QED) is 0.849. The average molecular weight is 330 g/mol. The summed E-state index contributed by atoms with van der Waals surface area (Å²) in [7, 11) is 0. The number of benzene rings is 1. The van der Waals surface area contributed by atoms with Gasteiger partial charge in [0, 0.05) is 19.7 Å². The van der Waals surface area contributed by atoms with Gasteiger partial charge in [-0.1, -0.05) is 12.1 Å². The molecule has 1 aliphatic heterocycles. The molecular weight excluding hydrogens is 311 g/mol. The topological polar surface area (TPSA) is 76.1 Å². The lowest BCUT2D eigenvalue weighted by Crippen LogP contribution is -2.24. The van der Waals surface area contributed by atoms with Gasteiger partial charge in [0.25, 0.3) is 5.91 Å². The van der Waals surface area contributed by atoms with Crippen LogP contribution in [-0.4, -0.2) is 35.1 Å². The van der Waals surface area contributed by atoms with E-state index in [0.29, 0.717) is 18.9 Å². The van der Waals surface area contributed by atoms with Crippen LogP contribution in [0.5, 0.6) is 0 Å². The van der Waals surface area contributed by atoms with Gasteiger partial charge in [-0.2, -0.15) is 0 Å². The predicted octanol–water partition coefficient (Wildman–Crippen LogP) is 2.14. The van der Waals surface area contributed by atoms with Gasteiger partial charge in [-0.05, 0) is 30.5 Å². The molecule has 7 heteroatoms. The van der Waals surface area contributed by atoms with E-state index in [1.807, 2.05) is 0 Å². The van der Waals surface area contributed by atoms with E-state index < -0.39 is 0 Å². The molecule has 1 aromatic carbocycles. The van der Waals surface area contributed by atoms with Crippen LogP contribution in [0.2, 0.25) is 0 Å². The summed E-state index contributed by atoms with van der Waals surface area (Å²) in [6.07, 6.45) is 5.31. The first-order chi connectivity index (χ1) is 11.7. The zero-order valence-corrected chi connectivity index (χ0v) is 13.2. The van der Waals surface area contributed by atoms with Crippen molar-refractivity contribution in [2.75, 3.05) is 18.5 Å². The highest BCUT2D eigenvalue weighted by atomic mass is 19.1. The second kappa shape index (κ2) is 7.83. The Kier molecular flexibility index (Phi) is 5.32. The molecule has 1 saturated heterocycles. The van der Waals surface area contributed by atoms with Crippen LogP contribution in [-0.2, 0) is 11.3 Å². The van der Waals surface area contributed by atoms with E-state index in [4.69, 9.17) is 4.74 Å². The molecule has 1 aliphatic rings. The fourth-order valence-corrected chi connectivity index (χ4v) is 2.44. The normalized spacial score (nSPS) is 16.8. The minimum Gasteiger partial charge on any atom is -0.376 e. The number of carbonyl (C=O) groups excluding carboxylic acids is 1. The molecule has 2 N–H and O–H groups in total. The number of nitrogens with one attached hydrogen (secondary N) is 2. The SMILES string of the molecule is O=C(NCc1ccc(F)cc1)c1cnc(NCC2CCCO2)cn1. The van der Waals surface area contributed by atoms with E-state index in [0.717, 1.165) is 25.0 Å². The first-order valence-electron chi connectivity index (χ1n) is 7.91. The number of carbonyl (C=O) groups is 1. The van der Waals surface area contributed by atoms with Gasteiger partial charge in [0.15, 0.2) is 0 Å². The lowest BCUT2D eigenvalue weighted by Gasteiger charge is -2.11. The molecule has 0 saturated carbocycles. The van der Waals surface area contributed by atoms with Crippen molar-refractivity contribution in [3.63, 3.8) is 0 Å². The zero-order chi connectivity index (χ0) is 16.8. The molecule has 6 nitrogen and oxygen atoms in total. The lowest BCUT2D eigenvalue weighted by molar-refractivity contribution is 0.0945. The van der Waals surface area contributed by atoms with E-state index in [2.05, 4.69) is 20.6 Å². The lowest BCUT2D eigenvalue weighted by atomic mass is 10.2. The Bertz CT molecular complexity index is 670. The number of amides is 1. The van der Waals surface area contributed by atoms with Gasteiger partial charge in [-0.3, -0.25) is 4.79 Å². The molecule has 0 radical (unpaired) electrons. The standard InChI is InChI=1S/C17H19FN4O2/c18-13-5-3-12(4-6-13)8-22-17(23)15-10-21-16(11-19-15)20-9-14-2-1-7-24-14/h3-6,10-11,14H,1-2,7-9H2,(H,20,21)(H,22,23). The highest BCUT2D eigenvalue weighted by molar-refractivity contribution is 5.91. The summed E-state index contributed by atoms with van der Waals surface area (Å²) in [5.41, 5.74) is 1.05. The van der Waals surface area contributed by atoms with Gasteiger partial charge < -0.3 is 15.4 Å². The number of nitrogens with zero attached hydrogens (tertiary/aromatic N) is 2. The van der Waals surface area contributed by atoms with Crippen molar-refractivity contribution in [1.82, 2.24) is 15.3 Å². The van der Waals surface area contributed by atoms with Crippen molar-refractivity contribution in [2.24, 2.45) is 0 Å². The number of rotatable bonds is 6. The molecule has 126 valence electrons. The van der Waals surface area contributed by atoms with Crippen molar-refractivity contribution in [1.29, 1.82) is 0 Å². The summed E-state index contributed by atoms with van der Waals surface area (Å²) < 4.78 is 18.4. The number of hydrogen-bond donors (Lipinski definition) is 2. The first kappa shape index (κ1) is 16.3. The molecule has 1 atom stereocenters. The maximum Gasteiger partial charge on any atom is 0.271 e. The predicted molar refractivity (Wildman–Crippen MR) is 87.1 cm³/mol. The molecule has 1 aromatic heterocycles. The van der Waals surface area contributed by atoms with Crippen LogP contribution in [0, 0.1) is 5.82 Å². The van der Waals surface area contributed by atoms with Crippen molar-refractivity contribution in [3.8, 4) is 0 Å². The average Bonchev–Trinajstić information content (AvgIpc) is 3.13. The maximum atomic E-state index is 12.8. The van der Waals surface area contributed by atoms with Gasteiger partial charge in [-0.25, -0.2) is 14.4 Å². The minimum absolute atomic E-state index is 0.213. The third-order valence-electron chi connectivity index (χ3n) is 3.79. The molecule has 1 unspecified atom stereocenters. The third kappa shape index (κ3) is 4.48. The second-order valence-corrected chi connectivity index (χ2v) is 5.61. The smallest absolute Gasteiger partial charge is 0.271 e. The number of aromatic nitrogens is 2. The molecule has 2 aromatic rings. The van der Waals surface area contributed by atoms with Crippen LogP contribution in [0.15, 0.2) is 36.7 Å². The summed E-state index contributed by atoms with van der Waals surface area (Å²) >= 11 is 0. The van der Waals surface area contributed by atoms with E-state index >= 15 is 0 Å². The summed E-state index contributed by atoms with van der Waals surface area (Å²) in [5.74, 6) is -0.0138. The molecule has 1 amide bonds. The molecule has 2 heterocycles. The minimum atomic E-state index is -0.322. The number of ether oxygens (including phenoxy) is 1. The van der Waals surface area contributed by atoms with Gasteiger partial charge in [0.2, 0.25) is 0 Å². The molecule has 24 heavy (non-hydrogen) atoms. The Hall–Kier alpha value is -2.54. The van der Waals surface area contributed by atoms with Crippen LogP contribution in [0.25, 0.3) is 0 Å². The van der Waals surface area contributed by atoms with E-state index in [1.165, 1.54) is 24.5 Å². The van der Waals surface area contributed by atoms with Gasteiger partial charge in [-0.15, -0.1) is 0 Å². The van der Waals surface area contributed by atoms with Crippen LogP contribution in [0.3, 0.4) is 0 Å². The first-order valence-corrected chi connectivity index (χ1v) is 7.91. The van der Waals surface area contributed by atoms with Crippen molar-refractivity contribution < 1.29 is 13.9 Å². The summed E-state index contributed by atoms with van der Waals surface area (Å²) in [6, 6.07) is 5.96. The summed E-state index contributed by atoms with van der Waals surface area (Å²) in [4.78, 5) is 20.3. The van der Waals surface area contributed by atoms with Gasteiger partial charge in [0.1, 0.15) is 17.3 Å². The van der Waals surface area contributed by atoms with Crippen molar-refractivity contribution in [2.45, 2.75) is 25.5 Å². The largest absolute Gasteiger partial charge is 0.376 e. The highest BCUT2D eigenvalue weighted by Gasteiger charge is 2.15. The van der Waals surface area contributed by atoms with Crippen molar-refractivity contribution in [3.05, 3.63) is 53.7 Å². The van der Waals surface area contributed by atoms with Crippen molar-refractivity contribution >= 4 is 11.7 Å². The summed E-state index contributed by atoms with van der Waals surface area (Å²) in [6.45, 7) is 1.80. The Morgan fingerprint density at radius 2 is 2.08 bits per heavy atom. The third-order valence-corrected chi connectivity index (χ3v) is 3.79. The van der Waals surface area contributed by atoms with E-state index in [-0.39, 0.29) is 23.5 Å². The van der Waals surface area contributed by atoms with E-state index in [1.54, 1.807) is 12.1 Å². The monoisotopic (exact) mass is 330 g/mol. The molecule has 0 aliphatic carbocycles. The van der Waals surface area contributed by atoms with Crippen LogP contribution in [0.1, 0.15) is 28.9 Å². The zero-order valence-electron chi connectivity index (χ0n) is 13.2. The van der Waals surface area contributed by atoms with Crippen LogP contribution in [0.4, 0.5) is 10.2 Å². The Labute approximate surface area is 139 Å². The highest BCUT2D eigenvalue weighted by Crippen LogP contribution is 2.12. The fraction of sp³-hybridized carbons (Fsp3) is 0.353. The molecule has 0 spiro atoms. The Balaban J connectivity index is 1.48. The number of anilines is 1.